The van der Waals surface area contributed by atoms with Gasteiger partial charge >= 0.3 is 0 Å². The molecule has 6 nitrogen and oxygen atoms in total. The van der Waals surface area contributed by atoms with Crippen molar-refractivity contribution >= 4 is 17.5 Å². The first kappa shape index (κ1) is 23.6. The number of benzene rings is 2. The highest BCUT2D eigenvalue weighted by Gasteiger charge is 2.55. The third kappa shape index (κ3) is 3.98. The second-order valence-electron chi connectivity index (χ2n) is 10.0. The van der Waals surface area contributed by atoms with Crippen LogP contribution in [0.4, 0.5) is 4.39 Å². The van der Waals surface area contributed by atoms with Crippen LogP contribution in [0.15, 0.2) is 36.4 Å². The average Bonchev–Trinajstić information content (AvgIpc) is 2.77. The number of hydrogen-bond donors (Lipinski definition) is 0. The number of nitrogens with zero attached hydrogens (tertiary/aromatic N) is 2. The Kier molecular flexibility index (Phi) is 5.80. The van der Waals surface area contributed by atoms with Gasteiger partial charge in [0.25, 0.3) is 0 Å². The zero-order chi connectivity index (χ0) is 24.8. The largest absolute Gasteiger partial charge is 0.496 e. The second kappa shape index (κ2) is 8.35. The van der Waals surface area contributed by atoms with Crippen molar-refractivity contribution in [2.75, 3.05) is 20.2 Å². The Labute approximate surface area is 198 Å². The minimum atomic E-state index is -1.14. The molecule has 1 saturated carbocycles. The minimum absolute atomic E-state index is 0.182. The Bertz CT molecular complexity index is 1200. The number of hydrogen-bond acceptors (Lipinski definition) is 5. The van der Waals surface area contributed by atoms with E-state index in [4.69, 9.17) is 4.74 Å². The number of amides is 1. The summed E-state index contributed by atoms with van der Waals surface area (Å²) in [6.45, 7) is 5.58. The number of ketones is 2. The number of carbonyl (C=O) groups is 3. The predicted molar refractivity (Wildman–Crippen MR) is 124 cm³/mol. The molecule has 7 heteroatoms. The molecule has 2 aromatic carbocycles. The number of likely N-dealkylation sites (tertiary alicyclic amines) is 1. The molecule has 1 aliphatic heterocycles. The highest BCUT2D eigenvalue weighted by atomic mass is 19.1. The standard InChI is InChI=1S/C27H27FN2O4/c1-16-9-18(17-5-7-19(28)8-6-17)10-22(34-4)23(16)24-20(31)11-27(12-21(24)32)14-30(15-27)25(33)26(2,3)13-29/h5-10,24H,11-12,14-15H2,1-4H3. The van der Waals surface area contributed by atoms with E-state index in [0.717, 1.165) is 16.7 Å². The van der Waals surface area contributed by atoms with E-state index in [0.29, 0.717) is 24.4 Å². The molecule has 2 fully saturated rings. The highest BCUT2D eigenvalue weighted by molar-refractivity contribution is 6.11. The van der Waals surface area contributed by atoms with Crippen LogP contribution >= 0.6 is 0 Å². The molecule has 34 heavy (non-hydrogen) atoms. The molecule has 0 radical (unpaired) electrons. The van der Waals surface area contributed by atoms with Crippen LogP contribution < -0.4 is 4.74 Å². The number of methoxy groups -OCH3 is 1. The summed E-state index contributed by atoms with van der Waals surface area (Å²) in [5.74, 6) is -1.44. The molecule has 1 spiro atoms. The Morgan fingerprint density at radius 2 is 1.71 bits per heavy atom. The van der Waals surface area contributed by atoms with Gasteiger partial charge in [-0.3, -0.25) is 14.4 Å². The summed E-state index contributed by atoms with van der Waals surface area (Å²) in [4.78, 5) is 40.7. The Morgan fingerprint density at radius 1 is 1.12 bits per heavy atom. The molecule has 4 rings (SSSR count). The minimum Gasteiger partial charge on any atom is -0.496 e. The summed E-state index contributed by atoms with van der Waals surface area (Å²) >= 11 is 0. The van der Waals surface area contributed by atoms with E-state index < -0.39 is 16.7 Å². The van der Waals surface area contributed by atoms with E-state index in [1.165, 1.54) is 19.2 Å². The maximum atomic E-state index is 13.3. The molecule has 1 heterocycles. The van der Waals surface area contributed by atoms with Gasteiger partial charge in [-0.25, -0.2) is 4.39 Å². The van der Waals surface area contributed by atoms with Crippen LogP contribution in [-0.4, -0.2) is 42.6 Å². The van der Waals surface area contributed by atoms with Gasteiger partial charge in [-0.15, -0.1) is 0 Å². The van der Waals surface area contributed by atoms with E-state index in [-0.39, 0.29) is 36.1 Å². The lowest BCUT2D eigenvalue weighted by Crippen LogP contribution is -2.63. The maximum Gasteiger partial charge on any atom is 0.242 e. The van der Waals surface area contributed by atoms with Gasteiger partial charge in [0.2, 0.25) is 5.91 Å². The lowest BCUT2D eigenvalue weighted by molar-refractivity contribution is -0.159. The third-order valence-corrected chi connectivity index (χ3v) is 6.93. The number of aryl methyl sites for hydroxylation is 1. The highest BCUT2D eigenvalue weighted by Crippen LogP contribution is 2.48. The Balaban J connectivity index is 1.58. The number of Topliss-reactive ketones (excluding diaryl/α,β-unsaturated/α-hetero) is 2. The van der Waals surface area contributed by atoms with Gasteiger partial charge < -0.3 is 9.64 Å². The molecular formula is C27H27FN2O4. The molecule has 2 aliphatic rings. The number of nitriles is 1. The normalized spacial score (nSPS) is 17.9. The summed E-state index contributed by atoms with van der Waals surface area (Å²) in [6, 6.07) is 11.8. The van der Waals surface area contributed by atoms with Crippen molar-refractivity contribution in [1.82, 2.24) is 4.90 Å². The first-order valence-electron chi connectivity index (χ1n) is 11.2. The second-order valence-corrected chi connectivity index (χ2v) is 10.0. The van der Waals surface area contributed by atoms with Gasteiger partial charge in [0, 0.05) is 36.9 Å². The SMILES string of the molecule is COc1cc(-c2ccc(F)cc2)cc(C)c1C1C(=O)CC2(CC1=O)CN(C(=O)C(C)(C)C#N)C2. The molecule has 0 aromatic heterocycles. The van der Waals surface area contributed by atoms with Crippen molar-refractivity contribution in [3.63, 3.8) is 0 Å². The van der Waals surface area contributed by atoms with Gasteiger partial charge in [0.1, 0.15) is 34.5 Å². The van der Waals surface area contributed by atoms with Crippen LogP contribution in [-0.2, 0) is 14.4 Å². The van der Waals surface area contributed by atoms with Crippen LogP contribution in [0.3, 0.4) is 0 Å². The van der Waals surface area contributed by atoms with E-state index in [1.54, 1.807) is 36.9 Å². The number of rotatable bonds is 4. The fourth-order valence-corrected chi connectivity index (χ4v) is 5.19. The van der Waals surface area contributed by atoms with Crippen LogP contribution in [0.25, 0.3) is 11.1 Å². The number of carbonyl (C=O) groups excluding carboxylic acids is 3. The Morgan fingerprint density at radius 3 is 2.24 bits per heavy atom. The monoisotopic (exact) mass is 462 g/mol. The lowest BCUT2D eigenvalue weighted by atomic mass is 9.63. The van der Waals surface area contributed by atoms with Gasteiger partial charge in [0.15, 0.2) is 0 Å². The fraction of sp³-hybridized carbons (Fsp3) is 0.407. The Hall–Kier alpha value is -3.53. The van der Waals surface area contributed by atoms with E-state index in [2.05, 4.69) is 0 Å². The van der Waals surface area contributed by atoms with Gasteiger partial charge in [-0.1, -0.05) is 18.2 Å². The average molecular weight is 463 g/mol. The van der Waals surface area contributed by atoms with E-state index in [1.807, 2.05) is 19.1 Å². The van der Waals surface area contributed by atoms with Crippen LogP contribution in [0.1, 0.15) is 43.7 Å². The summed E-state index contributed by atoms with van der Waals surface area (Å²) < 4.78 is 18.9. The van der Waals surface area contributed by atoms with E-state index >= 15 is 0 Å². The van der Waals surface area contributed by atoms with Gasteiger partial charge in [-0.2, -0.15) is 5.26 Å². The van der Waals surface area contributed by atoms with Gasteiger partial charge in [-0.05, 0) is 55.7 Å². The molecule has 0 unspecified atom stereocenters. The van der Waals surface area contributed by atoms with Crippen molar-refractivity contribution in [2.45, 2.75) is 39.5 Å². The summed E-state index contributed by atoms with van der Waals surface area (Å²) in [5.41, 5.74) is 1.23. The quantitative estimate of drug-likeness (QED) is 0.636. The molecule has 176 valence electrons. The zero-order valence-electron chi connectivity index (χ0n) is 19.8. The van der Waals surface area contributed by atoms with Crippen molar-refractivity contribution in [2.24, 2.45) is 10.8 Å². The molecule has 0 N–H and O–H groups in total. The smallest absolute Gasteiger partial charge is 0.242 e. The lowest BCUT2D eigenvalue weighted by Gasteiger charge is -2.53. The van der Waals surface area contributed by atoms with E-state index in [9.17, 15) is 24.0 Å². The molecule has 1 amide bonds. The van der Waals surface area contributed by atoms with Crippen molar-refractivity contribution in [3.8, 4) is 22.9 Å². The topological polar surface area (TPSA) is 87.5 Å². The molecule has 1 saturated heterocycles. The summed E-state index contributed by atoms with van der Waals surface area (Å²) in [7, 11) is 1.50. The predicted octanol–water partition coefficient (Wildman–Crippen LogP) is 4.20. The molecule has 0 bridgehead atoms. The van der Waals surface area contributed by atoms with Crippen molar-refractivity contribution in [1.29, 1.82) is 5.26 Å². The van der Waals surface area contributed by atoms with Crippen molar-refractivity contribution < 1.29 is 23.5 Å². The zero-order valence-corrected chi connectivity index (χ0v) is 19.8. The summed E-state index contributed by atoms with van der Waals surface area (Å²) in [5, 5.41) is 9.23. The van der Waals surface area contributed by atoms with Crippen LogP contribution in [0.5, 0.6) is 5.75 Å². The fourth-order valence-electron chi connectivity index (χ4n) is 5.19. The number of halogens is 1. The molecule has 1 aliphatic carbocycles. The molecule has 2 aromatic rings. The van der Waals surface area contributed by atoms with Gasteiger partial charge in [0.05, 0.1) is 13.2 Å². The third-order valence-electron chi connectivity index (χ3n) is 6.93. The number of ether oxygens (including phenoxy) is 1. The van der Waals surface area contributed by atoms with Crippen LogP contribution in [0.2, 0.25) is 0 Å². The first-order chi connectivity index (χ1) is 16.0. The molecule has 0 atom stereocenters. The maximum absolute atomic E-state index is 13.3. The first-order valence-corrected chi connectivity index (χ1v) is 11.2. The summed E-state index contributed by atoms with van der Waals surface area (Å²) in [6.07, 6.45) is 0.394. The van der Waals surface area contributed by atoms with Crippen LogP contribution in [0, 0.1) is 34.9 Å². The van der Waals surface area contributed by atoms with Crippen molar-refractivity contribution in [3.05, 3.63) is 53.3 Å². The molecular weight excluding hydrogens is 435 g/mol.